The van der Waals surface area contributed by atoms with Gasteiger partial charge in [-0.1, -0.05) is 0 Å². The van der Waals surface area contributed by atoms with Crippen LogP contribution in [0.5, 0.6) is 5.75 Å². The SMILES string of the molecule is CS(=O)(=O)c1cn(-c2ccnc3[nH]c(-c4n[nH]c5ccc(-c6cncc(O)c6)nc45)cc23)cn1. The second-order valence-corrected chi connectivity index (χ2v) is 9.73. The lowest BCUT2D eigenvalue weighted by Gasteiger charge is -2.02. The van der Waals surface area contributed by atoms with Crippen LogP contribution in [0.3, 0.4) is 0 Å². The Bertz CT molecular complexity index is 1820. The van der Waals surface area contributed by atoms with E-state index in [9.17, 15) is 13.5 Å². The van der Waals surface area contributed by atoms with E-state index in [0.29, 0.717) is 39.5 Å². The van der Waals surface area contributed by atoms with Crippen molar-refractivity contribution in [3.63, 3.8) is 0 Å². The van der Waals surface area contributed by atoms with Crippen molar-refractivity contribution < 1.29 is 13.5 Å². The molecule has 6 aromatic rings. The number of H-pyrrole nitrogens is 2. The molecule has 0 unspecified atom stereocenters. The molecule has 6 aromatic heterocycles. The fourth-order valence-corrected chi connectivity index (χ4v) is 4.35. The van der Waals surface area contributed by atoms with E-state index in [-0.39, 0.29) is 10.8 Å². The lowest BCUT2D eigenvalue weighted by molar-refractivity contribution is 0.473. The minimum absolute atomic E-state index is 0.00955. The predicted octanol–water partition coefficient (Wildman–Crippen LogP) is 2.86. The first-order valence-corrected chi connectivity index (χ1v) is 12.0. The molecule has 0 atom stereocenters. The van der Waals surface area contributed by atoms with Crippen LogP contribution in [0.1, 0.15) is 0 Å². The summed E-state index contributed by atoms with van der Waals surface area (Å²) < 4.78 is 25.3. The number of sulfone groups is 1. The molecule has 6 rings (SSSR count). The summed E-state index contributed by atoms with van der Waals surface area (Å²) in [6.07, 6.45) is 8.66. The Kier molecular flexibility index (Phi) is 4.26. The van der Waals surface area contributed by atoms with Gasteiger partial charge in [-0.25, -0.2) is 23.4 Å². The largest absolute Gasteiger partial charge is 0.506 e. The molecule has 6 heterocycles. The molecule has 0 radical (unpaired) electrons. The Labute approximate surface area is 192 Å². The van der Waals surface area contributed by atoms with Gasteiger partial charge in [0.15, 0.2) is 14.9 Å². The van der Waals surface area contributed by atoms with Gasteiger partial charge in [-0.15, -0.1) is 0 Å². The van der Waals surface area contributed by atoms with Crippen molar-refractivity contribution in [2.75, 3.05) is 6.26 Å². The highest BCUT2D eigenvalue weighted by Gasteiger charge is 2.17. The molecule has 3 N–H and O–H groups in total. The molecule has 0 bridgehead atoms. The van der Waals surface area contributed by atoms with E-state index in [1.54, 1.807) is 29.1 Å². The zero-order valence-electron chi connectivity index (χ0n) is 17.6. The van der Waals surface area contributed by atoms with Gasteiger partial charge in [-0.2, -0.15) is 5.10 Å². The second kappa shape index (κ2) is 7.22. The van der Waals surface area contributed by atoms with Crippen molar-refractivity contribution in [2.24, 2.45) is 0 Å². The van der Waals surface area contributed by atoms with E-state index in [4.69, 9.17) is 4.98 Å². The molecule has 34 heavy (non-hydrogen) atoms. The zero-order chi connectivity index (χ0) is 23.4. The number of imidazole rings is 1. The van der Waals surface area contributed by atoms with Gasteiger partial charge in [0.1, 0.15) is 28.9 Å². The van der Waals surface area contributed by atoms with Crippen LogP contribution in [0.2, 0.25) is 0 Å². The quantitative estimate of drug-likeness (QED) is 0.354. The third-order valence-corrected chi connectivity index (χ3v) is 6.38. The summed E-state index contributed by atoms with van der Waals surface area (Å²) in [6, 6.07) is 8.95. The maximum absolute atomic E-state index is 11.8. The van der Waals surface area contributed by atoms with Crippen LogP contribution in [-0.2, 0) is 9.84 Å². The minimum Gasteiger partial charge on any atom is -0.506 e. The van der Waals surface area contributed by atoms with Crippen LogP contribution in [0, 0.1) is 0 Å². The molecule has 0 aliphatic carbocycles. The molecule has 0 saturated carbocycles. The molecule has 0 saturated heterocycles. The number of fused-ring (bicyclic) bond motifs is 2. The Morgan fingerprint density at radius 2 is 1.97 bits per heavy atom. The lowest BCUT2D eigenvalue weighted by atomic mass is 10.1. The maximum atomic E-state index is 11.8. The number of hydrogen-bond acceptors (Lipinski definition) is 8. The van der Waals surface area contributed by atoms with Gasteiger partial charge in [0.25, 0.3) is 0 Å². The summed E-state index contributed by atoms with van der Waals surface area (Å²) in [5.41, 5.74) is 5.29. The molecule has 11 nitrogen and oxygen atoms in total. The first-order valence-electron chi connectivity index (χ1n) is 10.1. The minimum atomic E-state index is -3.43. The van der Waals surface area contributed by atoms with Crippen LogP contribution in [0.4, 0.5) is 0 Å². The molecular weight excluding hydrogens is 456 g/mol. The van der Waals surface area contributed by atoms with E-state index in [1.165, 1.54) is 18.7 Å². The molecule has 168 valence electrons. The Morgan fingerprint density at radius 3 is 2.76 bits per heavy atom. The Morgan fingerprint density at radius 1 is 1.09 bits per heavy atom. The summed E-state index contributed by atoms with van der Waals surface area (Å²) in [4.78, 5) is 20.4. The summed E-state index contributed by atoms with van der Waals surface area (Å²) in [6.45, 7) is 0. The van der Waals surface area contributed by atoms with Gasteiger partial charge in [0.05, 0.1) is 28.8 Å². The molecule has 0 fully saturated rings. The number of rotatable bonds is 4. The third-order valence-electron chi connectivity index (χ3n) is 5.41. The fraction of sp³-hybridized carbons (Fsp3) is 0.0455. The molecule has 0 aliphatic heterocycles. The Balaban J connectivity index is 1.48. The smallest absolute Gasteiger partial charge is 0.194 e. The van der Waals surface area contributed by atoms with Crippen LogP contribution in [0.15, 0.2) is 66.5 Å². The number of pyridine rings is 3. The summed E-state index contributed by atoms with van der Waals surface area (Å²) in [7, 11) is -3.43. The highest BCUT2D eigenvalue weighted by molar-refractivity contribution is 7.90. The van der Waals surface area contributed by atoms with E-state index < -0.39 is 9.84 Å². The van der Waals surface area contributed by atoms with Crippen molar-refractivity contribution in [3.8, 4) is 34.1 Å². The predicted molar refractivity (Wildman–Crippen MR) is 124 cm³/mol. The van der Waals surface area contributed by atoms with Crippen molar-refractivity contribution in [3.05, 3.63) is 61.4 Å². The number of aromatic nitrogens is 8. The van der Waals surface area contributed by atoms with E-state index in [2.05, 4.69) is 30.1 Å². The topological polar surface area (TPSA) is 155 Å². The summed E-state index contributed by atoms with van der Waals surface area (Å²) >= 11 is 0. The zero-order valence-corrected chi connectivity index (χ0v) is 18.4. The van der Waals surface area contributed by atoms with Gasteiger partial charge in [-0.05, 0) is 30.3 Å². The van der Waals surface area contributed by atoms with Crippen LogP contribution >= 0.6 is 0 Å². The van der Waals surface area contributed by atoms with Gasteiger partial charge in [0, 0.05) is 35.8 Å². The molecule has 0 amide bonds. The van der Waals surface area contributed by atoms with Crippen molar-refractivity contribution >= 4 is 31.9 Å². The number of nitrogens with zero attached hydrogens (tertiary/aromatic N) is 6. The first-order chi connectivity index (χ1) is 16.4. The summed E-state index contributed by atoms with van der Waals surface area (Å²) in [5.74, 6) is 0.0552. The molecule has 0 aromatic carbocycles. The van der Waals surface area contributed by atoms with Crippen LogP contribution in [-0.4, -0.2) is 59.5 Å². The maximum Gasteiger partial charge on any atom is 0.194 e. The lowest BCUT2D eigenvalue weighted by Crippen LogP contribution is -1.97. The highest BCUT2D eigenvalue weighted by atomic mass is 32.2. The van der Waals surface area contributed by atoms with Crippen molar-refractivity contribution in [1.29, 1.82) is 0 Å². The molecule has 12 heteroatoms. The van der Waals surface area contributed by atoms with Gasteiger partial charge in [0.2, 0.25) is 0 Å². The highest BCUT2D eigenvalue weighted by Crippen LogP contribution is 2.31. The average Bonchev–Trinajstić information content (AvgIpc) is 3.55. The van der Waals surface area contributed by atoms with Gasteiger partial charge in [-0.3, -0.25) is 10.1 Å². The summed E-state index contributed by atoms with van der Waals surface area (Å²) in [5, 5.41) is 17.9. The van der Waals surface area contributed by atoms with Gasteiger partial charge >= 0.3 is 0 Å². The van der Waals surface area contributed by atoms with Crippen molar-refractivity contribution in [2.45, 2.75) is 5.03 Å². The first kappa shape index (κ1) is 20.1. The van der Waals surface area contributed by atoms with E-state index in [0.717, 1.165) is 17.2 Å². The number of aromatic amines is 2. The van der Waals surface area contributed by atoms with E-state index in [1.807, 2.05) is 18.2 Å². The van der Waals surface area contributed by atoms with Crippen molar-refractivity contribution in [1.82, 2.24) is 39.7 Å². The van der Waals surface area contributed by atoms with Gasteiger partial charge < -0.3 is 14.7 Å². The molecule has 0 spiro atoms. The van der Waals surface area contributed by atoms with Crippen LogP contribution in [0.25, 0.3) is 50.4 Å². The standard InChI is InChI=1S/C22H16N8O3S/c1-34(32,33)19-10-30(11-25-19)18-4-5-24-22-14(18)7-17(27-22)21-20-16(28-29-21)3-2-15(26-20)12-6-13(31)9-23-8-12/h2-11,31H,1H3,(H,24,27)(H,28,29). The van der Waals surface area contributed by atoms with Crippen LogP contribution < -0.4 is 0 Å². The Hall–Kier alpha value is -4.58. The van der Waals surface area contributed by atoms with E-state index >= 15 is 0 Å². The number of hydrogen-bond donors (Lipinski definition) is 3. The molecular formula is C22H16N8O3S. The average molecular weight is 472 g/mol. The fourth-order valence-electron chi connectivity index (χ4n) is 3.81. The second-order valence-electron chi connectivity index (χ2n) is 7.76. The molecule has 0 aliphatic rings. The normalized spacial score (nSPS) is 12.0. The third kappa shape index (κ3) is 3.28. The number of nitrogens with one attached hydrogen (secondary N) is 2. The monoisotopic (exact) mass is 472 g/mol. The number of aromatic hydroxyl groups is 1.